The second kappa shape index (κ2) is 5.12. The summed E-state index contributed by atoms with van der Waals surface area (Å²) in [7, 11) is 0. The van der Waals surface area contributed by atoms with Crippen molar-refractivity contribution in [2.45, 2.75) is 19.0 Å². The molecule has 2 aromatic rings. The normalized spacial score (nSPS) is 20.4. The number of aromatic nitrogens is 2. The number of likely N-dealkylation sites (tertiary alicyclic amines) is 1. The molecule has 1 aliphatic heterocycles. The molecule has 1 fully saturated rings. The molecule has 18 heavy (non-hydrogen) atoms. The van der Waals surface area contributed by atoms with Crippen LogP contribution in [0.25, 0.3) is 0 Å². The van der Waals surface area contributed by atoms with Gasteiger partial charge in [-0.2, -0.15) is 0 Å². The predicted molar refractivity (Wildman–Crippen MR) is 72.6 cm³/mol. The highest BCUT2D eigenvalue weighted by molar-refractivity contribution is 6.30. The number of hydrogen-bond acceptors (Lipinski definition) is 2. The fraction of sp³-hybridized carbons (Fsp3) is 0.357. The molecule has 1 aromatic carbocycles. The summed E-state index contributed by atoms with van der Waals surface area (Å²) in [6, 6.07) is 8.26. The van der Waals surface area contributed by atoms with E-state index in [1.165, 1.54) is 12.0 Å². The molecule has 0 bridgehead atoms. The Morgan fingerprint density at radius 2 is 2.11 bits per heavy atom. The Morgan fingerprint density at radius 3 is 2.83 bits per heavy atom. The van der Waals surface area contributed by atoms with E-state index in [2.05, 4.69) is 26.6 Å². The molecule has 1 saturated heterocycles. The van der Waals surface area contributed by atoms with Crippen molar-refractivity contribution in [3.63, 3.8) is 0 Å². The summed E-state index contributed by atoms with van der Waals surface area (Å²) in [5.41, 5.74) is 1.40. The van der Waals surface area contributed by atoms with E-state index < -0.39 is 0 Å². The van der Waals surface area contributed by atoms with Crippen molar-refractivity contribution < 1.29 is 0 Å². The average molecular weight is 262 g/mol. The molecule has 0 radical (unpaired) electrons. The van der Waals surface area contributed by atoms with Crippen LogP contribution in [0.2, 0.25) is 5.02 Å². The minimum absolute atomic E-state index is 0.630. The van der Waals surface area contributed by atoms with E-state index in [1.54, 1.807) is 0 Å². The molecule has 1 unspecified atom stereocenters. The molecule has 0 amide bonds. The fourth-order valence-electron chi connectivity index (χ4n) is 2.57. The van der Waals surface area contributed by atoms with E-state index in [-0.39, 0.29) is 0 Å². The molecule has 0 N–H and O–H groups in total. The maximum atomic E-state index is 5.92. The summed E-state index contributed by atoms with van der Waals surface area (Å²) >= 11 is 5.92. The number of hydrogen-bond donors (Lipinski definition) is 0. The Hall–Kier alpha value is -1.32. The van der Waals surface area contributed by atoms with Crippen molar-refractivity contribution in [1.82, 2.24) is 14.5 Å². The zero-order valence-electron chi connectivity index (χ0n) is 10.2. The van der Waals surface area contributed by atoms with Gasteiger partial charge >= 0.3 is 0 Å². The van der Waals surface area contributed by atoms with Crippen LogP contribution in [0, 0.1) is 0 Å². The van der Waals surface area contributed by atoms with Crippen LogP contribution >= 0.6 is 11.6 Å². The summed E-state index contributed by atoms with van der Waals surface area (Å²) in [6.07, 6.45) is 6.92. The Bertz CT molecular complexity index is 492. The SMILES string of the molecule is Clc1ccc(C2CCN(Cn3ccnc3)C2)cc1. The van der Waals surface area contributed by atoms with Gasteiger partial charge in [0.15, 0.2) is 0 Å². The number of imidazole rings is 1. The lowest BCUT2D eigenvalue weighted by molar-refractivity contribution is 0.267. The van der Waals surface area contributed by atoms with Crippen molar-refractivity contribution >= 4 is 11.6 Å². The van der Waals surface area contributed by atoms with Gasteiger partial charge in [-0.05, 0) is 30.0 Å². The van der Waals surface area contributed by atoms with Crippen LogP contribution < -0.4 is 0 Å². The highest BCUT2D eigenvalue weighted by Gasteiger charge is 2.23. The minimum Gasteiger partial charge on any atom is -0.324 e. The van der Waals surface area contributed by atoms with Crippen molar-refractivity contribution in [3.8, 4) is 0 Å². The molecular formula is C14H16ClN3. The third-order valence-electron chi connectivity index (χ3n) is 3.54. The predicted octanol–water partition coefficient (Wildman–Crippen LogP) is 2.98. The average Bonchev–Trinajstić information content (AvgIpc) is 3.02. The maximum absolute atomic E-state index is 5.92. The number of rotatable bonds is 3. The van der Waals surface area contributed by atoms with Crippen LogP contribution in [0.5, 0.6) is 0 Å². The van der Waals surface area contributed by atoms with Gasteiger partial charge in [0.25, 0.3) is 0 Å². The molecule has 4 heteroatoms. The minimum atomic E-state index is 0.630. The van der Waals surface area contributed by atoms with Gasteiger partial charge in [0.1, 0.15) is 0 Å². The third kappa shape index (κ3) is 2.57. The van der Waals surface area contributed by atoms with E-state index in [4.69, 9.17) is 11.6 Å². The van der Waals surface area contributed by atoms with E-state index >= 15 is 0 Å². The van der Waals surface area contributed by atoms with E-state index in [0.717, 1.165) is 24.8 Å². The van der Waals surface area contributed by atoms with Crippen molar-refractivity contribution in [2.24, 2.45) is 0 Å². The maximum Gasteiger partial charge on any atom is 0.0956 e. The molecule has 3 rings (SSSR count). The number of halogens is 1. The van der Waals surface area contributed by atoms with Gasteiger partial charge in [0, 0.05) is 30.5 Å². The van der Waals surface area contributed by atoms with Crippen LogP contribution in [0.4, 0.5) is 0 Å². The highest BCUT2D eigenvalue weighted by atomic mass is 35.5. The molecular weight excluding hydrogens is 246 g/mol. The Labute approximate surface area is 112 Å². The van der Waals surface area contributed by atoms with Crippen molar-refractivity contribution in [2.75, 3.05) is 13.1 Å². The Balaban J connectivity index is 1.63. The number of benzene rings is 1. The van der Waals surface area contributed by atoms with Gasteiger partial charge in [-0.3, -0.25) is 4.90 Å². The lowest BCUT2D eigenvalue weighted by Gasteiger charge is -2.16. The van der Waals surface area contributed by atoms with Crippen LogP contribution in [0.1, 0.15) is 17.9 Å². The van der Waals surface area contributed by atoms with E-state index in [1.807, 2.05) is 30.9 Å². The first-order chi connectivity index (χ1) is 8.81. The van der Waals surface area contributed by atoms with Gasteiger partial charge in [0.05, 0.1) is 13.0 Å². The lowest BCUT2D eigenvalue weighted by Crippen LogP contribution is -2.23. The van der Waals surface area contributed by atoms with Crippen molar-refractivity contribution in [3.05, 3.63) is 53.6 Å². The lowest BCUT2D eigenvalue weighted by atomic mass is 9.99. The number of nitrogens with zero attached hydrogens (tertiary/aromatic N) is 3. The molecule has 1 atom stereocenters. The second-order valence-corrected chi connectivity index (χ2v) is 5.27. The van der Waals surface area contributed by atoms with Gasteiger partial charge in [-0.25, -0.2) is 4.98 Å². The van der Waals surface area contributed by atoms with Crippen LogP contribution in [-0.4, -0.2) is 27.5 Å². The van der Waals surface area contributed by atoms with Gasteiger partial charge < -0.3 is 4.57 Å². The quantitative estimate of drug-likeness (QED) is 0.847. The zero-order chi connectivity index (χ0) is 12.4. The highest BCUT2D eigenvalue weighted by Crippen LogP contribution is 2.28. The fourth-order valence-corrected chi connectivity index (χ4v) is 2.70. The molecule has 94 valence electrons. The second-order valence-electron chi connectivity index (χ2n) is 4.83. The summed E-state index contributed by atoms with van der Waals surface area (Å²) in [4.78, 5) is 6.53. The first-order valence-electron chi connectivity index (χ1n) is 6.25. The molecule has 1 aromatic heterocycles. The van der Waals surface area contributed by atoms with Crippen LogP contribution in [0.15, 0.2) is 43.0 Å². The largest absolute Gasteiger partial charge is 0.324 e. The Morgan fingerprint density at radius 1 is 1.28 bits per heavy atom. The van der Waals surface area contributed by atoms with Gasteiger partial charge in [-0.15, -0.1) is 0 Å². The van der Waals surface area contributed by atoms with Crippen LogP contribution in [-0.2, 0) is 6.67 Å². The topological polar surface area (TPSA) is 21.1 Å². The first-order valence-corrected chi connectivity index (χ1v) is 6.62. The first kappa shape index (κ1) is 11.8. The summed E-state index contributed by atoms with van der Waals surface area (Å²) < 4.78 is 2.12. The Kier molecular flexibility index (Phi) is 3.35. The molecule has 0 spiro atoms. The zero-order valence-corrected chi connectivity index (χ0v) is 10.9. The van der Waals surface area contributed by atoms with Crippen LogP contribution in [0.3, 0.4) is 0 Å². The molecule has 0 aliphatic carbocycles. The standard InChI is InChI=1S/C14H16ClN3/c15-14-3-1-12(2-4-14)13-5-7-17(9-13)11-18-8-6-16-10-18/h1-4,6,8,10,13H,5,7,9,11H2. The van der Waals surface area contributed by atoms with Gasteiger partial charge in [0.2, 0.25) is 0 Å². The summed E-state index contributed by atoms with van der Waals surface area (Å²) in [5.74, 6) is 0.630. The van der Waals surface area contributed by atoms with Crippen molar-refractivity contribution in [1.29, 1.82) is 0 Å². The van der Waals surface area contributed by atoms with E-state index in [9.17, 15) is 0 Å². The summed E-state index contributed by atoms with van der Waals surface area (Å²) in [6.45, 7) is 3.19. The monoisotopic (exact) mass is 261 g/mol. The molecule has 0 saturated carbocycles. The molecule has 2 heterocycles. The summed E-state index contributed by atoms with van der Waals surface area (Å²) in [5, 5.41) is 0.812. The van der Waals surface area contributed by atoms with Gasteiger partial charge in [-0.1, -0.05) is 23.7 Å². The van der Waals surface area contributed by atoms with E-state index in [0.29, 0.717) is 5.92 Å². The molecule has 1 aliphatic rings. The third-order valence-corrected chi connectivity index (χ3v) is 3.79. The molecule has 3 nitrogen and oxygen atoms in total. The smallest absolute Gasteiger partial charge is 0.0956 e.